The zero-order chi connectivity index (χ0) is 84.4. The van der Waals surface area contributed by atoms with Gasteiger partial charge in [0.1, 0.15) is 5.60 Å². The van der Waals surface area contributed by atoms with E-state index in [1.807, 2.05) is 59.8 Å². The molecule has 13 rings (SSSR count). The van der Waals surface area contributed by atoms with E-state index in [2.05, 4.69) is 75.3 Å². The smallest absolute Gasteiger partial charge is 0.416 e. The van der Waals surface area contributed by atoms with Gasteiger partial charge in [0.2, 0.25) is 5.91 Å². The summed E-state index contributed by atoms with van der Waals surface area (Å²) in [6.07, 6.45) is -5.47. The molecule has 3 N–H and O–H groups in total. The van der Waals surface area contributed by atoms with E-state index < -0.39 is 64.3 Å². The number of carbonyl (C=O) groups is 2. The Hall–Kier alpha value is -5.58. The predicted molar refractivity (Wildman–Crippen MR) is 439 cm³/mol. The number of nitrogens with zero attached hydrogens (tertiary/aromatic N) is 8. The van der Waals surface area contributed by atoms with Gasteiger partial charge in [0.25, 0.3) is 0 Å². The Kier molecular flexibility index (Phi) is 35.1. The third-order valence-electron chi connectivity index (χ3n) is 21.8. The van der Waals surface area contributed by atoms with Crippen LogP contribution < -0.4 is 25.8 Å². The van der Waals surface area contributed by atoms with E-state index >= 15 is 0 Å². The molecule has 6 aliphatic heterocycles. The minimum absolute atomic E-state index is 0.111. The SMILES string of the molecule is C=CC(=O)N1CCC(Cc2cc(N3CCN(C)CC3)cc(C(F)(F)F)c2)C1.CC(C)(C)OC(=O)N1CC[C@H](Cc2cc(Br)cc(C(F)(F)F)c2)C1.CN1CCN(c2cc(CC3CCCC3)cc(C(F)(F)F)c2)CC1.CN1CCN(c2cc(C[C@H]3CCNC3)cc(C(F)(F)F)c2)CC1.FC(F)(F)c1cc(Br)cc(I)c1.NC1CCCC1. The van der Waals surface area contributed by atoms with Crippen LogP contribution in [0.4, 0.5) is 87.7 Å². The quantitative estimate of drug-likeness (QED) is 0.0708. The molecule has 640 valence electrons. The van der Waals surface area contributed by atoms with Crippen LogP contribution in [0.3, 0.4) is 0 Å². The van der Waals surface area contributed by atoms with Crippen molar-refractivity contribution in [2.24, 2.45) is 29.4 Å². The molecule has 5 aromatic carbocycles. The molecule has 0 radical (unpaired) electrons. The summed E-state index contributed by atoms with van der Waals surface area (Å²) >= 11 is 7.98. The highest BCUT2D eigenvalue weighted by atomic mass is 127. The maximum Gasteiger partial charge on any atom is 0.416 e. The Bertz CT molecular complexity index is 3790. The monoisotopic (exact) mass is 1880 g/mol. The number of carbonyl (C=O) groups excluding carboxylic acids is 2. The van der Waals surface area contributed by atoms with E-state index in [1.165, 1.54) is 87.1 Å². The number of hydrogen-bond donors (Lipinski definition) is 2. The minimum atomic E-state index is -4.36. The fourth-order valence-corrected chi connectivity index (χ4v) is 17.6. The summed E-state index contributed by atoms with van der Waals surface area (Å²) in [6, 6.07) is 22.0. The van der Waals surface area contributed by atoms with Crippen LogP contribution >= 0.6 is 54.5 Å². The maximum absolute atomic E-state index is 13.4. The van der Waals surface area contributed by atoms with Crippen molar-refractivity contribution in [2.45, 2.75) is 160 Å². The average Bonchev–Trinajstić information content (AvgIpc) is 1.30. The van der Waals surface area contributed by atoms with Crippen LogP contribution in [0.2, 0.25) is 0 Å². The van der Waals surface area contributed by atoms with Gasteiger partial charge < -0.3 is 55.0 Å². The second kappa shape index (κ2) is 42.6. The Labute approximate surface area is 698 Å². The molecule has 0 aromatic heterocycles. The molecular formula is C84H110Br2F15IN10O3. The van der Waals surface area contributed by atoms with Crippen molar-refractivity contribution in [3.05, 3.63) is 166 Å². The van der Waals surface area contributed by atoms with Crippen LogP contribution in [0.15, 0.2) is 113 Å². The van der Waals surface area contributed by atoms with Crippen molar-refractivity contribution >= 4 is 83.5 Å². The van der Waals surface area contributed by atoms with Crippen LogP contribution in [0.25, 0.3) is 0 Å². The lowest BCUT2D eigenvalue weighted by Crippen LogP contribution is -2.44. The fourth-order valence-electron chi connectivity index (χ4n) is 15.5. The number of rotatable bonds is 12. The number of hydrogen-bond acceptors (Lipinski definition) is 11. The normalized spacial score (nSPS) is 20.5. The van der Waals surface area contributed by atoms with E-state index in [0.29, 0.717) is 91.9 Å². The summed E-state index contributed by atoms with van der Waals surface area (Å²) in [5.41, 5.74) is 7.15. The number of piperazine rings is 3. The molecule has 5 aromatic rings. The number of ether oxygens (including phenoxy) is 1. The summed E-state index contributed by atoms with van der Waals surface area (Å²) in [4.78, 5) is 39.9. The molecule has 2 aliphatic carbocycles. The first-order valence-electron chi connectivity index (χ1n) is 39.5. The molecule has 13 nitrogen and oxygen atoms in total. The molecule has 6 heterocycles. The van der Waals surface area contributed by atoms with E-state index in [4.69, 9.17) is 10.5 Å². The Morgan fingerprint density at radius 3 is 1.13 bits per heavy atom. The summed E-state index contributed by atoms with van der Waals surface area (Å²) in [5, 5.41) is 3.28. The fraction of sp³-hybridized carbons (Fsp3) is 0.595. The lowest BCUT2D eigenvalue weighted by molar-refractivity contribution is -0.138. The van der Waals surface area contributed by atoms with Gasteiger partial charge in [-0.25, -0.2) is 4.79 Å². The molecule has 2 amide bonds. The van der Waals surface area contributed by atoms with Crippen LogP contribution in [0, 0.1) is 27.2 Å². The topological polar surface area (TPSA) is 107 Å². The van der Waals surface area contributed by atoms with Crippen LogP contribution in [0.1, 0.15) is 141 Å². The van der Waals surface area contributed by atoms with Gasteiger partial charge in [-0.1, -0.05) is 77.0 Å². The lowest BCUT2D eigenvalue weighted by atomic mass is 9.96. The largest absolute Gasteiger partial charge is 0.444 e. The van der Waals surface area contributed by atoms with Gasteiger partial charge in [-0.15, -0.1) is 0 Å². The van der Waals surface area contributed by atoms with Crippen LogP contribution in [0.5, 0.6) is 0 Å². The number of benzene rings is 5. The third kappa shape index (κ3) is 31.8. The van der Waals surface area contributed by atoms with Crippen molar-refractivity contribution in [3.63, 3.8) is 0 Å². The van der Waals surface area contributed by atoms with Gasteiger partial charge in [-0.3, -0.25) is 4.79 Å². The highest BCUT2D eigenvalue weighted by molar-refractivity contribution is 14.1. The highest BCUT2D eigenvalue weighted by Gasteiger charge is 2.38. The van der Waals surface area contributed by atoms with Gasteiger partial charge in [-0.2, -0.15) is 65.9 Å². The molecule has 8 aliphatic rings. The number of likely N-dealkylation sites (N-methyl/N-ethyl adjacent to an activating group) is 3. The van der Waals surface area contributed by atoms with Gasteiger partial charge in [0.15, 0.2) is 0 Å². The summed E-state index contributed by atoms with van der Waals surface area (Å²) in [5.74, 6) is 1.20. The van der Waals surface area contributed by atoms with Crippen molar-refractivity contribution < 1.29 is 80.2 Å². The standard InChI is InChI=1S/C20H26F3N3O.C18H25F3N2.C17H21BrF3NO2.C17H24F3N3.C7H3BrF3I.C5H11N/c1-3-19(27)26-5-4-15(14-26)10-16-11-17(20(21,22)23)13-18(12-16)25-8-6-24(2)7-9-25;1-22-6-8-23(9-7-22)17-12-15(10-14-4-2-3-5-14)11-16(13-17)18(19,20)21;1-16(2,3)24-15(23)22-5-4-11(10-22)6-12-7-13(17(19,20)21)9-14(18)8-12;1-22-4-6-23(7-5-22)16-10-14(8-13-2-3-21-12-13)9-15(11-16)17(18,19)20;8-5-1-4(7(9,10)11)2-6(12)3-5;6-5-3-1-2-4-5/h3,11-13,15H,1,4-10,14H2,2H3;11-14H,2-10H2,1H3;7-9,11H,4-6,10H2,1-3H3;9-11,13,21H,2-8,12H2,1H3;1-3H;5H,1-4,6H2/t;;11-;13-;;/m..11../s1. The van der Waals surface area contributed by atoms with Gasteiger partial charge in [0, 0.05) is 140 Å². The molecule has 115 heavy (non-hydrogen) atoms. The Morgan fingerprint density at radius 1 is 0.443 bits per heavy atom. The second-order valence-electron chi connectivity index (χ2n) is 32.6. The number of anilines is 3. The number of amides is 2. The van der Waals surface area contributed by atoms with Gasteiger partial charge >= 0.3 is 37.0 Å². The number of nitrogens with one attached hydrogen (secondary N) is 1. The van der Waals surface area contributed by atoms with E-state index in [9.17, 15) is 75.4 Å². The summed E-state index contributed by atoms with van der Waals surface area (Å²) < 4.78 is 202. The van der Waals surface area contributed by atoms with Crippen LogP contribution in [-0.4, -0.2) is 187 Å². The van der Waals surface area contributed by atoms with Gasteiger partial charge in [0.05, 0.1) is 27.8 Å². The van der Waals surface area contributed by atoms with Gasteiger partial charge in [-0.05, 0) is 278 Å². The van der Waals surface area contributed by atoms with Crippen molar-refractivity contribution in [2.75, 3.05) is 154 Å². The first kappa shape index (κ1) is 94.9. The lowest BCUT2D eigenvalue weighted by Gasteiger charge is -2.34. The Balaban J connectivity index is 0.000000179. The van der Waals surface area contributed by atoms with Crippen molar-refractivity contribution in [3.8, 4) is 0 Å². The Morgan fingerprint density at radius 2 is 0.783 bits per heavy atom. The zero-order valence-corrected chi connectivity index (χ0v) is 71.7. The number of alkyl halides is 15. The zero-order valence-electron chi connectivity index (χ0n) is 66.3. The molecular weight excluding hydrogens is 1770 g/mol. The van der Waals surface area contributed by atoms with E-state index in [0.717, 1.165) is 172 Å². The first-order valence-corrected chi connectivity index (χ1v) is 42.2. The van der Waals surface area contributed by atoms with Crippen molar-refractivity contribution in [1.82, 2.24) is 29.8 Å². The van der Waals surface area contributed by atoms with Crippen molar-refractivity contribution in [1.29, 1.82) is 0 Å². The molecule has 3 atom stereocenters. The number of likely N-dealkylation sites (tertiary alicyclic amines) is 2. The van der Waals surface area contributed by atoms with E-state index in [-0.39, 0.29) is 23.8 Å². The highest BCUT2D eigenvalue weighted by Crippen LogP contribution is 2.41. The van der Waals surface area contributed by atoms with Crippen LogP contribution in [-0.2, 0) is 66.1 Å². The van der Waals surface area contributed by atoms with E-state index in [1.54, 1.807) is 42.7 Å². The molecule has 0 bridgehead atoms. The molecule has 0 spiro atoms. The predicted octanol–water partition coefficient (Wildman–Crippen LogP) is 20.1. The minimum Gasteiger partial charge on any atom is -0.444 e. The maximum atomic E-state index is 13.4. The molecule has 6 saturated heterocycles. The molecule has 2 saturated carbocycles. The number of nitrogens with two attached hydrogens (primary N) is 1. The number of halogens is 18. The molecule has 1 unspecified atom stereocenters. The second-order valence-corrected chi connectivity index (χ2v) is 35.7. The molecule has 31 heteroatoms. The summed E-state index contributed by atoms with van der Waals surface area (Å²) in [7, 11) is 6.11. The average molecular weight is 1880 g/mol. The third-order valence-corrected chi connectivity index (χ3v) is 23.4. The summed E-state index contributed by atoms with van der Waals surface area (Å²) in [6.45, 7) is 22.9. The molecule has 8 fully saturated rings. The first-order chi connectivity index (χ1) is 53.8.